The lowest BCUT2D eigenvalue weighted by molar-refractivity contribution is 0.0920. The maximum absolute atomic E-state index is 12.7. The first-order chi connectivity index (χ1) is 14.0. The highest BCUT2D eigenvalue weighted by molar-refractivity contribution is 6.32. The number of carbonyl (C=O) groups is 2. The number of ether oxygens (including phenoxy) is 2. The molecule has 1 aliphatic rings. The molecule has 0 amide bonds. The summed E-state index contributed by atoms with van der Waals surface area (Å²) in [7, 11) is 0. The molecule has 0 unspecified atom stereocenters. The Kier molecular flexibility index (Phi) is 5.19. The average Bonchev–Trinajstić information content (AvgIpc) is 3.06. The van der Waals surface area contributed by atoms with Gasteiger partial charge in [-0.25, -0.2) is 0 Å². The lowest BCUT2D eigenvalue weighted by atomic mass is 10.1. The van der Waals surface area contributed by atoms with E-state index in [1.54, 1.807) is 55.5 Å². The van der Waals surface area contributed by atoms with Crippen LogP contribution in [0.15, 0.2) is 72.5 Å². The molecule has 0 bridgehead atoms. The lowest BCUT2D eigenvalue weighted by Gasteiger charge is -2.11. The SMILES string of the molecule is Cc1c(OCC(=O)c2ccccc2)ccc2c1O/C(=C\c1ccccc1Cl)C2=O. The van der Waals surface area contributed by atoms with Gasteiger partial charge in [0, 0.05) is 16.1 Å². The quantitative estimate of drug-likeness (QED) is 0.414. The third kappa shape index (κ3) is 3.80. The van der Waals surface area contributed by atoms with Gasteiger partial charge in [-0.1, -0.05) is 60.1 Å². The Morgan fingerprint density at radius 2 is 1.76 bits per heavy atom. The van der Waals surface area contributed by atoms with E-state index >= 15 is 0 Å². The number of rotatable bonds is 5. The molecule has 4 rings (SSSR count). The summed E-state index contributed by atoms with van der Waals surface area (Å²) in [5.41, 5.74) is 2.41. The molecule has 3 aromatic rings. The highest BCUT2D eigenvalue weighted by Gasteiger charge is 2.30. The summed E-state index contributed by atoms with van der Waals surface area (Å²) in [6.07, 6.45) is 1.63. The van der Waals surface area contributed by atoms with E-state index in [0.717, 1.165) is 0 Å². The number of Topliss-reactive ketones (excluding diaryl/α,β-unsaturated/α-hetero) is 2. The molecule has 3 aromatic carbocycles. The van der Waals surface area contributed by atoms with Crippen LogP contribution in [-0.2, 0) is 0 Å². The van der Waals surface area contributed by atoms with E-state index in [9.17, 15) is 9.59 Å². The molecule has 0 atom stereocenters. The summed E-state index contributed by atoms with van der Waals surface area (Å²) in [6, 6.07) is 19.5. The highest BCUT2D eigenvalue weighted by atomic mass is 35.5. The highest BCUT2D eigenvalue weighted by Crippen LogP contribution is 2.39. The van der Waals surface area contributed by atoms with Crippen molar-refractivity contribution in [2.75, 3.05) is 6.61 Å². The zero-order valence-electron chi connectivity index (χ0n) is 15.6. The van der Waals surface area contributed by atoms with Gasteiger partial charge in [-0.15, -0.1) is 0 Å². The Morgan fingerprint density at radius 3 is 2.52 bits per heavy atom. The molecular weight excluding hydrogens is 388 g/mol. The third-order valence-electron chi connectivity index (χ3n) is 4.68. The van der Waals surface area contributed by atoms with E-state index in [4.69, 9.17) is 21.1 Å². The fourth-order valence-electron chi connectivity index (χ4n) is 3.11. The molecule has 0 aromatic heterocycles. The summed E-state index contributed by atoms with van der Waals surface area (Å²) in [6.45, 7) is 1.70. The van der Waals surface area contributed by atoms with Crippen LogP contribution < -0.4 is 9.47 Å². The molecule has 0 radical (unpaired) electrons. The largest absolute Gasteiger partial charge is 0.485 e. The fourth-order valence-corrected chi connectivity index (χ4v) is 3.30. The van der Waals surface area contributed by atoms with Crippen molar-refractivity contribution in [3.05, 3.63) is 99.8 Å². The molecule has 4 nitrogen and oxygen atoms in total. The number of carbonyl (C=O) groups excluding carboxylic acids is 2. The number of ketones is 2. The zero-order chi connectivity index (χ0) is 20.4. The van der Waals surface area contributed by atoms with Crippen LogP contribution in [0.4, 0.5) is 0 Å². The van der Waals surface area contributed by atoms with Gasteiger partial charge in [0.15, 0.2) is 18.1 Å². The van der Waals surface area contributed by atoms with Gasteiger partial charge in [0.05, 0.1) is 5.56 Å². The second-order valence-corrected chi connectivity index (χ2v) is 7.01. The van der Waals surface area contributed by atoms with Gasteiger partial charge in [-0.2, -0.15) is 0 Å². The second kappa shape index (κ2) is 7.94. The van der Waals surface area contributed by atoms with Crippen molar-refractivity contribution < 1.29 is 19.1 Å². The predicted octanol–water partition coefficient (Wildman–Crippen LogP) is 5.53. The van der Waals surface area contributed by atoms with E-state index in [1.165, 1.54) is 0 Å². The number of fused-ring (bicyclic) bond motifs is 1. The molecule has 29 heavy (non-hydrogen) atoms. The molecule has 0 saturated carbocycles. The number of benzene rings is 3. The van der Waals surface area contributed by atoms with Crippen LogP contribution in [-0.4, -0.2) is 18.2 Å². The molecule has 0 saturated heterocycles. The molecule has 0 fully saturated rings. The van der Waals surface area contributed by atoms with Gasteiger partial charge in [0.25, 0.3) is 0 Å². The third-order valence-corrected chi connectivity index (χ3v) is 5.03. The second-order valence-electron chi connectivity index (χ2n) is 6.60. The van der Waals surface area contributed by atoms with E-state index in [2.05, 4.69) is 0 Å². The van der Waals surface area contributed by atoms with E-state index in [-0.39, 0.29) is 23.9 Å². The minimum atomic E-state index is -0.213. The van der Waals surface area contributed by atoms with Crippen LogP contribution >= 0.6 is 11.6 Å². The Morgan fingerprint density at radius 1 is 1.03 bits per heavy atom. The van der Waals surface area contributed by atoms with Crippen molar-refractivity contribution in [3.63, 3.8) is 0 Å². The topological polar surface area (TPSA) is 52.6 Å². The average molecular weight is 405 g/mol. The Bertz CT molecular complexity index is 1130. The number of hydrogen-bond acceptors (Lipinski definition) is 4. The maximum atomic E-state index is 12.7. The summed E-state index contributed by atoms with van der Waals surface area (Å²) in [4.78, 5) is 25.0. The van der Waals surface area contributed by atoms with Gasteiger partial charge in [0.1, 0.15) is 11.5 Å². The van der Waals surface area contributed by atoms with Gasteiger partial charge in [0.2, 0.25) is 5.78 Å². The number of allylic oxidation sites excluding steroid dienone is 1. The monoisotopic (exact) mass is 404 g/mol. The van der Waals surface area contributed by atoms with E-state index in [1.807, 2.05) is 24.3 Å². The first kappa shape index (κ1) is 19.0. The molecule has 1 aliphatic heterocycles. The van der Waals surface area contributed by atoms with Gasteiger partial charge >= 0.3 is 0 Å². The normalized spacial score (nSPS) is 13.9. The van der Waals surface area contributed by atoms with Crippen molar-refractivity contribution in [2.45, 2.75) is 6.92 Å². The molecule has 144 valence electrons. The van der Waals surface area contributed by atoms with Crippen molar-refractivity contribution in [2.24, 2.45) is 0 Å². The minimum Gasteiger partial charge on any atom is -0.485 e. The maximum Gasteiger partial charge on any atom is 0.231 e. The molecule has 5 heteroatoms. The Labute approximate surface area is 173 Å². The molecule has 0 N–H and O–H groups in total. The van der Waals surface area contributed by atoms with Gasteiger partial charge in [-0.05, 0) is 36.8 Å². The van der Waals surface area contributed by atoms with E-state index in [0.29, 0.717) is 38.8 Å². The van der Waals surface area contributed by atoms with Crippen molar-refractivity contribution >= 4 is 29.2 Å². The van der Waals surface area contributed by atoms with Crippen molar-refractivity contribution in [1.82, 2.24) is 0 Å². The van der Waals surface area contributed by atoms with Crippen molar-refractivity contribution in [1.29, 1.82) is 0 Å². The molecule has 1 heterocycles. The Balaban J connectivity index is 1.55. The van der Waals surface area contributed by atoms with Crippen LogP contribution in [0, 0.1) is 6.92 Å². The summed E-state index contributed by atoms with van der Waals surface area (Å²) in [5.74, 6) is 0.809. The van der Waals surface area contributed by atoms with Crippen LogP contribution in [0.2, 0.25) is 5.02 Å². The molecular formula is C24H17ClO4. The first-order valence-electron chi connectivity index (χ1n) is 9.08. The summed E-state index contributed by atoms with van der Waals surface area (Å²) >= 11 is 6.18. The zero-order valence-corrected chi connectivity index (χ0v) is 16.4. The fraction of sp³-hybridized carbons (Fsp3) is 0.0833. The standard InChI is InChI=1S/C24H17ClO4/c1-15-21(28-14-20(26)16-7-3-2-4-8-16)12-11-18-23(27)22(29-24(15)18)13-17-9-5-6-10-19(17)25/h2-13H,14H2,1H3/b22-13-. The van der Waals surface area contributed by atoms with Crippen LogP contribution in [0.25, 0.3) is 6.08 Å². The Hall–Kier alpha value is -3.37. The molecule has 0 aliphatic carbocycles. The van der Waals surface area contributed by atoms with Gasteiger partial charge in [-0.3, -0.25) is 9.59 Å². The summed E-state index contributed by atoms with van der Waals surface area (Å²) in [5, 5.41) is 0.535. The first-order valence-corrected chi connectivity index (χ1v) is 9.46. The number of hydrogen-bond donors (Lipinski definition) is 0. The minimum absolute atomic E-state index is 0.0973. The van der Waals surface area contributed by atoms with Crippen LogP contribution in [0.5, 0.6) is 11.5 Å². The van der Waals surface area contributed by atoms with Crippen LogP contribution in [0.3, 0.4) is 0 Å². The molecule has 0 spiro atoms. The van der Waals surface area contributed by atoms with E-state index < -0.39 is 0 Å². The predicted molar refractivity (Wildman–Crippen MR) is 112 cm³/mol. The van der Waals surface area contributed by atoms with Crippen molar-refractivity contribution in [3.8, 4) is 11.5 Å². The summed E-state index contributed by atoms with van der Waals surface area (Å²) < 4.78 is 11.5. The smallest absolute Gasteiger partial charge is 0.231 e. The lowest BCUT2D eigenvalue weighted by Crippen LogP contribution is -2.12. The number of halogens is 1. The van der Waals surface area contributed by atoms with Crippen LogP contribution in [0.1, 0.15) is 31.8 Å². The van der Waals surface area contributed by atoms with Gasteiger partial charge < -0.3 is 9.47 Å².